The molecular formula is C22H45NO2. The van der Waals surface area contributed by atoms with Gasteiger partial charge in [-0.25, -0.2) is 0 Å². The van der Waals surface area contributed by atoms with Gasteiger partial charge in [0, 0.05) is 12.5 Å². The highest BCUT2D eigenvalue weighted by Crippen LogP contribution is 2.13. The van der Waals surface area contributed by atoms with Crippen LogP contribution in [0.5, 0.6) is 0 Å². The second-order valence-corrected chi connectivity index (χ2v) is 7.55. The van der Waals surface area contributed by atoms with Gasteiger partial charge in [0.05, 0.1) is 0 Å². The summed E-state index contributed by atoms with van der Waals surface area (Å²) in [5.41, 5.74) is 5.73. The maximum absolute atomic E-state index is 11.5. The molecule has 0 bridgehead atoms. The molecule has 0 radical (unpaired) electrons. The van der Waals surface area contributed by atoms with E-state index in [4.69, 9.17) is 10.5 Å². The number of rotatable bonds is 19. The van der Waals surface area contributed by atoms with Crippen LogP contribution in [-0.2, 0) is 9.53 Å². The van der Waals surface area contributed by atoms with E-state index in [0.29, 0.717) is 13.0 Å². The number of nitrogens with two attached hydrogens (primary N) is 1. The van der Waals surface area contributed by atoms with E-state index in [1.807, 2.05) is 6.92 Å². The van der Waals surface area contributed by atoms with Gasteiger partial charge >= 0.3 is 5.97 Å². The van der Waals surface area contributed by atoms with Gasteiger partial charge in [-0.1, -0.05) is 104 Å². The first-order valence-corrected chi connectivity index (χ1v) is 11.1. The average molecular weight is 356 g/mol. The molecule has 2 N–H and O–H groups in total. The van der Waals surface area contributed by atoms with Crippen molar-refractivity contribution in [3.63, 3.8) is 0 Å². The fourth-order valence-corrected chi connectivity index (χ4v) is 3.03. The van der Waals surface area contributed by atoms with Crippen molar-refractivity contribution in [3.05, 3.63) is 0 Å². The van der Waals surface area contributed by atoms with Crippen LogP contribution < -0.4 is 5.73 Å². The Kier molecular flexibility index (Phi) is 19.3. The lowest BCUT2D eigenvalue weighted by molar-refractivity contribution is -0.144. The largest absolute Gasteiger partial charge is 0.464 e. The van der Waals surface area contributed by atoms with Crippen molar-refractivity contribution in [3.8, 4) is 0 Å². The standard InChI is InChI=1S/C22H45NO2/c1-3-5-6-7-8-9-10-11-12-13-14-15-16-17-18-19-22(24)25-20-21(23)4-2/h21H,3-20,23H2,1-2H3. The van der Waals surface area contributed by atoms with Crippen LogP contribution in [0.2, 0.25) is 0 Å². The molecule has 0 aliphatic heterocycles. The second kappa shape index (κ2) is 19.8. The normalized spacial score (nSPS) is 12.3. The Hall–Kier alpha value is -0.570. The van der Waals surface area contributed by atoms with Crippen molar-refractivity contribution in [1.29, 1.82) is 0 Å². The molecule has 0 aromatic carbocycles. The van der Waals surface area contributed by atoms with Gasteiger partial charge in [-0.15, -0.1) is 0 Å². The van der Waals surface area contributed by atoms with Crippen LogP contribution in [0.1, 0.15) is 123 Å². The molecule has 0 aliphatic carbocycles. The van der Waals surface area contributed by atoms with Crippen LogP contribution >= 0.6 is 0 Å². The van der Waals surface area contributed by atoms with E-state index >= 15 is 0 Å². The summed E-state index contributed by atoms with van der Waals surface area (Å²) < 4.78 is 5.15. The molecule has 0 saturated heterocycles. The van der Waals surface area contributed by atoms with Crippen molar-refractivity contribution in [1.82, 2.24) is 0 Å². The molecule has 3 nitrogen and oxygen atoms in total. The molecular weight excluding hydrogens is 310 g/mol. The monoisotopic (exact) mass is 355 g/mol. The van der Waals surface area contributed by atoms with Gasteiger partial charge in [0.1, 0.15) is 6.61 Å². The maximum Gasteiger partial charge on any atom is 0.305 e. The first-order chi connectivity index (χ1) is 12.2. The topological polar surface area (TPSA) is 52.3 Å². The zero-order valence-corrected chi connectivity index (χ0v) is 17.2. The Bertz CT molecular complexity index is 281. The van der Waals surface area contributed by atoms with Crippen molar-refractivity contribution in [2.45, 2.75) is 129 Å². The molecule has 0 rings (SSSR count). The van der Waals surface area contributed by atoms with Crippen molar-refractivity contribution in [2.75, 3.05) is 6.61 Å². The van der Waals surface area contributed by atoms with E-state index in [2.05, 4.69) is 6.92 Å². The Balaban J connectivity index is 3.12. The van der Waals surface area contributed by atoms with Gasteiger partial charge in [0.25, 0.3) is 0 Å². The minimum absolute atomic E-state index is 0.00925. The van der Waals surface area contributed by atoms with Gasteiger partial charge in [-0.3, -0.25) is 4.79 Å². The number of esters is 1. The van der Waals surface area contributed by atoms with Crippen molar-refractivity contribution < 1.29 is 9.53 Å². The fourth-order valence-electron chi connectivity index (χ4n) is 3.03. The molecule has 3 heteroatoms. The van der Waals surface area contributed by atoms with Crippen LogP contribution in [0.25, 0.3) is 0 Å². The average Bonchev–Trinajstić information content (AvgIpc) is 2.62. The molecule has 0 saturated carbocycles. The lowest BCUT2D eigenvalue weighted by Gasteiger charge is -2.09. The SMILES string of the molecule is CCCCCCCCCCCCCCCCCC(=O)OCC(N)CC. The first-order valence-electron chi connectivity index (χ1n) is 11.1. The van der Waals surface area contributed by atoms with Crippen LogP contribution in [0.3, 0.4) is 0 Å². The number of carbonyl (C=O) groups is 1. The Morgan fingerprint density at radius 1 is 0.720 bits per heavy atom. The predicted molar refractivity (Wildman–Crippen MR) is 109 cm³/mol. The zero-order valence-electron chi connectivity index (χ0n) is 17.2. The summed E-state index contributed by atoms with van der Waals surface area (Å²) in [4.78, 5) is 11.5. The fraction of sp³-hybridized carbons (Fsp3) is 0.955. The van der Waals surface area contributed by atoms with Gasteiger partial charge in [0.2, 0.25) is 0 Å². The summed E-state index contributed by atoms with van der Waals surface area (Å²) in [5, 5.41) is 0. The lowest BCUT2D eigenvalue weighted by atomic mass is 10.0. The Morgan fingerprint density at radius 2 is 1.12 bits per heavy atom. The number of carbonyl (C=O) groups excluding carboxylic acids is 1. The molecule has 0 heterocycles. The number of hydrogen-bond acceptors (Lipinski definition) is 3. The van der Waals surface area contributed by atoms with E-state index in [9.17, 15) is 4.79 Å². The number of ether oxygens (including phenoxy) is 1. The summed E-state index contributed by atoms with van der Waals surface area (Å²) in [6.07, 6.45) is 21.5. The van der Waals surface area contributed by atoms with E-state index in [0.717, 1.165) is 19.3 Å². The molecule has 150 valence electrons. The van der Waals surface area contributed by atoms with E-state index in [-0.39, 0.29) is 12.0 Å². The molecule has 1 atom stereocenters. The van der Waals surface area contributed by atoms with Crippen LogP contribution in [0, 0.1) is 0 Å². The molecule has 0 aliphatic rings. The molecule has 0 spiro atoms. The van der Waals surface area contributed by atoms with Gasteiger partial charge in [0.15, 0.2) is 0 Å². The molecule has 0 fully saturated rings. The number of unbranched alkanes of at least 4 members (excludes halogenated alkanes) is 14. The number of hydrogen-bond donors (Lipinski definition) is 1. The lowest BCUT2D eigenvalue weighted by Crippen LogP contribution is -2.26. The third-order valence-electron chi connectivity index (χ3n) is 4.97. The third kappa shape index (κ3) is 19.6. The first kappa shape index (κ1) is 24.4. The molecule has 0 aromatic heterocycles. The minimum Gasteiger partial charge on any atom is -0.464 e. The minimum atomic E-state index is -0.0846. The quantitative estimate of drug-likeness (QED) is 0.212. The van der Waals surface area contributed by atoms with Crippen molar-refractivity contribution in [2.24, 2.45) is 5.73 Å². The molecule has 1 unspecified atom stereocenters. The molecule has 0 aromatic rings. The van der Waals surface area contributed by atoms with Crippen molar-refractivity contribution >= 4 is 5.97 Å². The van der Waals surface area contributed by atoms with E-state index in [1.54, 1.807) is 0 Å². The van der Waals surface area contributed by atoms with Gasteiger partial charge in [-0.2, -0.15) is 0 Å². The Labute approximate surface area is 157 Å². The van der Waals surface area contributed by atoms with E-state index in [1.165, 1.54) is 83.5 Å². The van der Waals surface area contributed by atoms with Crippen LogP contribution in [-0.4, -0.2) is 18.6 Å². The highest BCUT2D eigenvalue weighted by molar-refractivity contribution is 5.69. The second-order valence-electron chi connectivity index (χ2n) is 7.55. The highest BCUT2D eigenvalue weighted by atomic mass is 16.5. The van der Waals surface area contributed by atoms with Gasteiger partial charge in [-0.05, 0) is 12.8 Å². The van der Waals surface area contributed by atoms with E-state index < -0.39 is 0 Å². The van der Waals surface area contributed by atoms with Crippen LogP contribution in [0.15, 0.2) is 0 Å². The summed E-state index contributed by atoms with van der Waals surface area (Å²) in [6.45, 7) is 4.65. The van der Waals surface area contributed by atoms with Gasteiger partial charge < -0.3 is 10.5 Å². The third-order valence-corrected chi connectivity index (χ3v) is 4.97. The summed E-state index contributed by atoms with van der Waals surface area (Å²) in [7, 11) is 0. The maximum atomic E-state index is 11.5. The molecule has 0 amide bonds. The Morgan fingerprint density at radius 3 is 1.52 bits per heavy atom. The zero-order chi connectivity index (χ0) is 18.6. The summed E-state index contributed by atoms with van der Waals surface area (Å²) in [5.74, 6) is -0.0846. The predicted octanol–water partition coefficient (Wildman–Crippen LogP) is 6.53. The highest BCUT2D eigenvalue weighted by Gasteiger charge is 2.05. The summed E-state index contributed by atoms with van der Waals surface area (Å²) in [6, 6.07) is -0.00925. The smallest absolute Gasteiger partial charge is 0.305 e. The summed E-state index contributed by atoms with van der Waals surface area (Å²) >= 11 is 0. The van der Waals surface area contributed by atoms with Crippen LogP contribution in [0.4, 0.5) is 0 Å². The molecule has 25 heavy (non-hydrogen) atoms.